The van der Waals surface area contributed by atoms with Gasteiger partial charge in [0.15, 0.2) is 5.82 Å². The summed E-state index contributed by atoms with van der Waals surface area (Å²) in [7, 11) is 1.64. The van der Waals surface area contributed by atoms with E-state index >= 15 is 0 Å². The summed E-state index contributed by atoms with van der Waals surface area (Å²) in [5.74, 6) is 5.47. The molecule has 0 unspecified atom stereocenters. The summed E-state index contributed by atoms with van der Waals surface area (Å²) < 4.78 is 0. The first-order valence-corrected chi connectivity index (χ1v) is 8.45. The van der Waals surface area contributed by atoms with Crippen molar-refractivity contribution in [2.24, 2.45) is 11.5 Å². The van der Waals surface area contributed by atoms with Gasteiger partial charge in [-0.05, 0) is 42.9 Å². The zero-order valence-electron chi connectivity index (χ0n) is 14.2. The molecular formula is C18H19ClN6O. The Kier molecular flexibility index (Phi) is 4.78. The predicted octanol–water partition coefficient (Wildman–Crippen LogP) is 2.04. The molecule has 1 amide bonds. The van der Waals surface area contributed by atoms with Crippen molar-refractivity contribution in [3.63, 3.8) is 0 Å². The number of primary amides is 1. The van der Waals surface area contributed by atoms with Crippen LogP contribution in [-0.4, -0.2) is 23.2 Å². The lowest BCUT2D eigenvalue weighted by molar-refractivity contribution is 0.100. The van der Waals surface area contributed by atoms with Gasteiger partial charge in [-0.3, -0.25) is 9.89 Å². The van der Waals surface area contributed by atoms with Gasteiger partial charge in [-0.1, -0.05) is 17.5 Å². The fourth-order valence-corrected chi connectivity index (χ4v) is 3.22. The lowest BCUT2D eigenvalue weighted by Crippen LogP contribution is -2.13. The highest BCUT2D eigenvalue weighted by Crippen LogP contribution is 2.36. The Morgan fingerprint density at radius 3 is 2.69 bits per heavy atom. The van der Waals surface area contributed by atoms with Crippen molar-refractivity contribution in [2.75, 3.05) is 18.1 Å². The molecular weight excluding hydrogens is 352 g/mol. The molecule has 8 N–H and O–H groups in total. The van der Waals surface area contributed by atoms with E-state index in [0.29, 0.717) is 27.8 Å². The van der Waals surface area contributed by atoms with Crippen LogP contribution < -0.4 is 22.5 Å². The molecule has 0 radical (unpaired) electrons. The molecule has 1 aliphatic carbocycles. The monoisotopic (exact) mass is 370 g/mol. The molecule has 2 aromatic rings. The van der Waals surface area contributed by atoms with E-state index in [0.717, 1.165) is 36.1 Å². The number of nitrogens with one attached hydrogen (secondary N) is 2. The fraction of sp³-hybridized carbons (Fsp3) is 0.222. The molecule has 0 fully saturated rings. The van der Waals surface area contributed by atoms with Gasteiger partial charge in [-0.15, -0.1) is 0 Å². The van der Waals surface area contributed by atoms with E-state index in [1.54, 1.807) is 19.2 Å². The van der Waals surface area contributed by atoms with Gasteiger partial charge in [-0.2, -0.15) is 5.10 Å². The maximum atomic E-state index is 11.6. The first-order valence-electron chi connectivity index (χ1n) is 8.07. The SMILES string of the molecule is CNc1n[nH]c(C#Cc2cc(N)c(C3=C(N)CCC3)cc2Cl)c1C(N)=O. The van der Waals surface area contributed by atoms with Crippen molar-refractivity contribution >= 4 is 34.6 Å². The maximum Gasteiger partial charge on any atom is 0.255 e. The van der Waals surface area contributed by atoms with E-state index in [9.17, 15) is 4.79 Å². The molecule has 1 aromatic carbocycles. The number of H-pyrrole nitrogens is 1. The number of hydrogen-bond donors (Lipinski definition) is 5. The van der Waals surface area contributed by atoms with Gasteiger partial charge in [0.05, 0.1) is 5.02 Å². The zero-order chi connectivity index (χ0) is 18.8. The summed E-state index contributed by atoms with van der Waals surface area (Å²) in [6.45, 7) is 0. The summed E-state index contributed by atoms with van der Waals surface area (Å²) in [5.41, 5.74) is 22.0. The van der Waals surface area contributed by atoms with Gasteiger partial charge < -0.3 is 22.5 Å². The minimum absolute atomic E-state index is 0.199. The standard InChI is InChI=1S/C18H19ClN6O/c1-23-18-16(17(22)26)15(24-25-18)6-5-9-7-14(21)11(8-12(9)19)10-3-2-4-13(10)20/h7-8H,2-4,20-21H2,1H3,(H2,22,26)(H2,23,24,25). The molecule has 0 aliphatic heterocycles. The van der Waals surface area contributed by atoms with Gasteiger partial charge in [0.1, 0.15) is 11.3 Å². The Balaban J connectivity index is 2.00. The molecule has 1 aliphatic rings. The van der Waals surface area contributed by atoms with E-state index in [1.165, 1.54) is 0 Å². The number of halogens is 1. The molecule has 8 heteroatoms. The lowest BCUT2D eigenvalue weighted by Gasteiger charge is -2.10. The third-order valence-corrected chi connectivity index (χ3v) is 4.61. The molecule has 3 rings (SSSR count). The second-order valence-electron chi connectivity index (χ2n) is 5.96. The average molecular weight is 371 g/mol. The number of rotatable bonds is 3. The molecule has 0 spiro atoms. The minimum atomic E-state index is -0.628. The first-order chi connectivity index (χ1) is 12.4. The second kappa shape index (κ2) is 7.02. The number of aromatic nitrogens is 2. The molecule has 0 saturated heterocycles. The quantitative estimate of drug-likeness (QED) is 0.416. The summed E-state index contributed by atoms with van der Waals surface area (Å²) in [6.07, 6.45) is 2.78. The number of amides is 1. The first kappa shape index (κ1) is 17.7. The molecule has 7 nitrogen and oxygen atoms in total. The number of aromatic amines is 1. The average Bonchev–Trinajstić information content (AvgIpc) is 3.21. The molecule has 1 aromatic heterocycles. The Bertz CT molecular complexity index is 980. The van der Waals surface area contributed by atoms with Crippen LogP contribution in [0.2, 0.25) is 5.02 Å². The van der Waals surface area contributed by atoms with Gasteiger partial charge in [0.25, 0.3) is 5.91 Å². The number of nitrogens with two attached hydrogens (primary N) is 3. The molecule has 0 saturated carbocycles. The summed E-state index contributed by atoms with van der Waals surface area (Å²) >= 11 is 6.38. The van der Waals surface area contributed by atoms with E-state index in [-0.39, 0.29) is 5.56 Å². The van der Waals surface area contributed by atoms with Gasteiger partial charge >= 0.3 is 0 Å². The van der Waals surface area contributed by atoms with Crippen LogP contribution >= 0.6 is 11.6 Å². The van der Waals surface area contributed by atoms with E-state index in [4.69, 9.17) is 28.8 Å². The molecule has 26 heavy (non-hydrogen) atoms. The van der Waals surface area contributed by atoms with E-state index < -0.39 is 5.91 Å². The van der Waals surface area contributed by atoms with Crippen LogP contribution in [-0.2, 0) is 0 Å². The number of allylic oxidation sites excluding steroid dienone is 2. The second-order valence-corrected chi connectivity index (χ2v) is 6.37. The normalized spacial score (nSPS) is 13.5. The smallest absolute Gasteiger partial charge is 0.255 e. The summed E-state index contributed by atoms with van der Waals surface area (Å²) in [4.78, 5) is 11.6. The summed E-state index contributed by atoms with van der Waals surface area (Å²) in [6, 6.07) is 3.50. The van der Waals surface area contributed by atoms with Gasteiger partial charge in [0.2, 0.25) is 0 Å². The van der Waals surface area contributed by atoms with E-state index in [2.05, 4.69) is 27.4 Å². The number of nitrogens with zero attached hydrogens (tertiary/aromatic N) is 1. The maximum absolute atomic E-state index is 11.6. The van der Waals surface area contributed by atoms with Crippen LogP contribution in [0.1, 0.15) is 46.4 Å². The molecule has 1 heterocycles. The van der Waals surface area contributed by atoms with Crippen LogP contribution in [0.25, 0.3) is 5.57 Å². The molecule has 134 valence electrons. The van der Waals surface area contributed by atoms with Gasteiger partial charge in [-0.25, -0.2) is 0 Å². The van der Waals surface area contributed by atoms with E-state index in [1.807, 2.05) is 0 Å². The predicted molar refractivity (Wildman–Crippen MR) is 103 cm³/mol. The van der Waals surface area contributed by atoms with Crippen LogP contribution in [0.5, 0.6) is 0 Å². The number of hydrogen-bond acceptors (Lipinski definition) is 5. The van der Waals surface area contributed by atoms with Gasteiger partial charge in [0, 0.05) is 29.6 Å². The Morgan fingerprint density at radius 1 is 1.31 bits per heavy atom. The Morgan fingerprint density at radius 2 is 2.08 bits per heavy atom. The van der Waals surface area contributed by atoms with Crippen molar-refractivity contribution < 1.29 is 4.79 Å². The Hall–Kier alpha value is -3.11. The highest BCUT2D eigenvalue weighted by molar-refractivity contribution is 6.32. The third-order valence-electron chi connectivity index (χ3n) is 4.30. The van der Waals surface area contributed by atoms with Crippen LogP contribution in [0.4, 0.5) is 11.5 Å². The third kappa shape index (κ3) is 3.19. The van der Waals surface area contributed by atoms with Crippen LogP contribution in [0.3, 0.4) is 0 Å². The van der Waals surface area contributed by atoms with Crippen molar-refractivity contribution in [1.29, 1.82) is 0 Å². The number of nitrogen functional groups attached to an aromatic ring is 1. The van der Waals surface area contributed by atoms with Crippen molar-refractivity contribution in [3.05, 3.63) is 45.2 Å². The lowest BCUT2D eigenvalue weighted by atomic mass is 10.0. The minimum Gasteiger partial charge on any atom is -0.402 e. The van der Waals surface area contributed by atoms with Crippen molar-refractivity contribution in [2.45, 2.75) is 19.3 Å². The number of carbonyl (C=O) groups is 1. The fourth-order valence-electron chi connectivity index (χ4n) is 3.00. The highest BCUT2D eigenvalue weighted by atomic mass is 35.5. The van der Waals surface area contributed by atoms with Crippen molar-refractivity contribution in [1.82, 2.24) is 10.2 Å². The van der Waals surface area contributed by atoms with Crippen molar-refractivity contribution in [3.8, 4) is 11.8 Å². The molecule has 0 bridgehead atoms. The molecule has 0 atom stereocenters. The number of carbonyl (C=O) groups excluding carboxylic acids is 1. The topological polar surface area (TPSA) is 136 Å². The summed E-state index contributed by atoms with van der Waals surface area (Å²) in [5, 5.41) is 9.90. The number of anilines is 2. The largest absolute Gasteiger partial charge is 0.402 e. The Labute approximate surface area is 156 Å². The number of benzene rings is 1. The zero-order valence-corrected chi connectivity index (χ0v) is 15.0. The van der Waals surface area contributed by atoms with Crippen LogP contribution in [0.15, 0.2) is 17.8 Å². The highest BCUT2D eigenvalue weighted by Gasteiger charge is 2.18. The van der Waals surface area contributed by atoms with Crippen LogP contribution in [0, 0.1) is 11.8 Å².